The zero-order valence-corrected chi connectivity index (χ0v) is 16.5. The first kappa shape index (κ1) is 18.7. The highest BCUT2D eigenvalue weighted by Crippen LogP contribution is 2.32. The van der Waals surface area contributed by atoms with E-state index in [1.165, 1.54) is 11.8 Å². The Kier molecular flexibility index (Phi) is 5.10. The molecule has 0 atom stereocenters. The van der Waals surface area contributed by atoms with Crippen molar-refractivity contribution in [3.8, 4) is 11.5 Å². The van der Waals surface area contributed by atoms with Gasteiger partial charge >= 0.3 is 0 Å². The third kappa shape index (κ3) is 3.88. The molecule has 0 fully saturated rings. The maximum atomic E-state index is 12.0. The molecule has 2 aromatic heterocycles. The fourth-order valence-corrected chi connectivity index (χ4v) is 3.85. The van der Waals surface area contributed by atoms with Gasteiger partial charge in [0.05, 0.1) is 6.26 Å². The van der Waals surface area contributed by atoms with Gasteiger partial charge in [0.2, 0.25) is 6.79 Å². The SMILES string of the molecule is O=C(NCCc1nnc2n1CCN(Cc1ccc3c(c1)OCO3)CC2)c1ccco1. The van der Waals surface area contributed by atoms with Crippen molar-refractivity contribution < 1.29 is 18.7 Å². The van der Waals surface area contributed by atoms with E-state index in [0.717, 1.165) is 55.7 Å². The molecule has 0 saturated carbocycles. The van der Waals surface area contributed by atoms with Crippen LogP contribution >= 0.6 is 0 Å². The molecule has 3 aromatic rings. The molecule has 156 valence electrons. The number of nitrogens with zero attached hydrogens (tertiary/aromatic N) is 4. The Balaban J connectivity index is 1.17. The Labute approximate surface area is 173 Å². The number of hydrogen-bond acceptors (Lipinski definition) is 7. The van der Waals surface area contributed by atoms with Crippen molar-refractivity contribution in [1.29, 1.82) is 0 Å². The first-order valence-electron chi connectivity index (χ1n) is 10.1. The number of hydrogen-bond donors (Lipinski definition) is 1. The van der Waals surface area contributed by atoms with Crippen molar-refractivity contribution in [1.82, 2.24) is 25.0 Å². The number of nitrogens with one attached hydrogen (secondary N) is 1. The van der Waals surface area contributed by atoms with E-state index in [4.69, 9.17) is 13.9 Å². The summed E-state index contributed by atoms with van der Waals surface area (Å²) in [5.41, 5.74) is 1.21. The molecule has 9 heteroatoms. The molecule has 0 spiro atoms. The van der Waals surface area contributed by atoms with Crippen LogP contribution in [0.1, 0.15) is 27.8 Å². The molecule has 1 aromatic carbocycles. The van der Waals surface area contributed by atoms with E-state index in [-0.39, 0.29) is 5.91 Å². The summed E-state index contributed by atoms with van der Waals surface area (Å²) in [4.78, 5) is 14.4. The molecular weight excluding hydrogens is 386 g/mol. The summed E-state index contributed by atoms with van der Waals surface area (Å²) >= 11 is 0. The number of furan rings is 1. The lowest BCUT2D eigenvalue weighted by Gasteiger charge is -2.19. The van der Waals surface area contributed by atoms with E-state index in [9.17, 15) is 4.79 Å². The summed E-state index contributed by atoms with van der Waals surface area (Å²) < 4.78 is 18.2. The molecule has 1 N–H and O–H groups in total. The van der Waals surface area contributed by atoms with E-state index >= 15 is 0 Å². The number of aromatic nitrogens is 3. The van der Waals surface area contributed by atoms with E-state index in [2.05, 4.69) is 37.1 Å². The fourth-order valence-electron chi connectivity index (χ4n) is 3.85. The molecule has 4 heterocycles. The number of carbonyl (C=O) groups is 1. The standard InChI is InChI=1S/C21H23N5O4/c27-21(17-2-1-11-28-17)22-7-5-19-23-24-20-6-8-25(9-10-26(19)20)13-15-3-4-16-18(12-15)30-14-29-16/h1-4,11-12H,5-10,13-14H2,(H,22,27). The van der Waals surface area contributed by atoms with Crippen LogP contribution in [0, 0.1) is 0 Å². The molecule has 0 aliphatic carbocycles. The quantitative estimate of drug-likeness (QED) is 0.661. The van der Waals surface area contributed by atoms with E-state index in [1.54, 1.807) is 12.1 Å². The van der Waals surface area contributed by atoms with Crippen molar-refractivity contribution in [2.45, 2.75) is 25.9 Å². The Morgan fingerprint density at radius 3 is 2.93 bits per heavy atom. The molecule has 30 heavy (non-hydrogen) atoms. The van der Waals surface area contributed by atoms with Gasteiger partial charge < -0.3 is 23.8 Å². The predicted molar refractivity (Wildman–Crippen MR) is 106 cm³/mol. The predicted octanol–water partition coefficient (Wildman–Crippen LogP) is 1.63. The Morgan fingerprint density at radius 1 is 1.10 bits per heavy atom. The lowest BCUT2D eigenvalue weighted by Crippen LogP contribution is -2.28. The van der Waals surface area contributed by atoms with Gasteiger partial charge in [0, 0.05) is 45.6 Å². The molecule has 1 amide bonds. The van der Waals surface area contributed by atoms with Gasteiger partial charge in [-0.25, -0.2) is 0 Å². The second-order valence-electron chi connectivity index (χ2n) is 7.38. The second-order valence-corrected chi connectivity index (χ2v) is 7.38. The Morgan fingerprint density at radius 2 is 2.03 bits per heavy atom. The van der Waals surface area contributed by atoms with Gasteiger partial charge in [-0.1, -0.05) is 6.07 Å². The second kappa shape index (κ2) is 8.19. The number of ether oxygens (including phenoxy) is 2. The number of rotatable bonds is 6. The molecule has 0 bridgehead atoms. The molecule has 0 saturated heterocycles. The van der Waals surface area contributed by atoms with Crippen LogP contribution < -0.4 is 14.8 Å². The maximum absolute atomic E-state index is 12.0. The zero-order valence-electron chi connectivity index (χ0n) is 16.5. The smallest absolute Gasteiger partial charge is 0.286 e. The third-order valence-electron chi connectivity index (χ3n) is 5.42. The highest BCUT2D eigenvalue weighted by molar-refractivity contribution is 5.91. The van der Waals surface area contributed by atoms with Crippen LogP contribution in [0.25, 0.3) is 0 Å². The minimum absolute atomic E-state index is 0.217. The molecule has 2 aliphatic rings. The number of amides is 1. The molecule has 5 rings (SSSR count). The van der Waals surface area contributed by atoms with E-state index in [1.807, 2.05) is 6.07 Å². The molecule has 2 aliphatic heterocycles. The molecule has 9 nitrogen and oxygen atoms in total. The minimum Gasteiger partial charge on any atom is -0.459 e. The summed E-state index contributed by atoms with van der Waals surface area (Å²) in [5.74, 6) is 3.62. The maximum Gasteiger partial charge on any atom is 0.286 e. The van der Waals surface area contributed by atoms with Gasteiger partial charge in [0.25, 0.3) is 5.91 Å². The summed E-state index contributed by atoms with van der Waals surface area (Å²) in [6.07, 6.45) is 2.96. The third-order valence-corrected chi connectivity index (χ3v) is 5.42. The Bertz CT molecular complexity index is 1030. The highest BCUT2D eigenvalue weighted by atomic mass is 16.7. The fraction of sp³-hybridized carbons (Fsp3) is 0.381. The first-order chi connectivity index (χ1) is 14.8. The van der Waals surface area contributed by atoms with Crippen molar-refractivity contribution in [2.75, 3.05) is 26.4 Å². The van der Waals surface area contributed by atoms with Crippen LogP contribution in [-0.2, 0) is 25.9 Å². The molecular formula is C21H23N5O4. The van der Waals surface area contributed by atoms with Crippen LogP contribution in [0.15, 0.2) is 41.0 Å². The van der Waals surface area contributed by atoms with Crippen LogP contribution in [0.4, 0.5) is 0 Å². The van der Waals surface area contributed by atoms with Crippen molar-refractivity contribution in [3.05, 3.63) is 59.6 Å². The number of benzene rings is 1. The normalized spacial score (nSPS) is 15.6. The van der Waals surface area contributed by atoms with Gasteiger partial charge in [-0.15, -0.1) is 10.2 Å². The number of fused-ring (bicyclic) bond motifs is 2. The van der Waals surface area contributed by atoms with E-state index < -0.39 is 0 Å². The summed E-state index contributed by atoms with van der Waals surface area (Å²) in [6.45, 7) is 4.28. The van der Waals surface area contributed by atoms with Crippen LogP contribution in [0.2, 0.25) is 0 Å². The Hall–Kier alpha value is -3.33. The lowest BCUT2D eigenvalue weighted by atomic mass is 10.2. The van der Waals surface area contributed by atoms with Crippen molar-refractivity contribution >= 4 is 5.91 Å². The van der Waals surface area contributed by atoms with Gasteiger partial charge in [-0.2, -0.15) is 0 Å². The van der Waals surface area contributed by atoms with Crippen LogP contribution in [-0.4, -0.2) is 52.0 Å². The molecule has 0 radical (unpaired) electrons. The zero-order chi connectivity index (χ0) is 20.3. The topological polar surface area (TPSA) is 94.7 Å². The van der Waals surface area contributed by atoms with Crippen LogP contribution in [0.3, 0.4) is 0 Å². The van der Waals surface area contributed by atoms with Gasteiger partial charge in [0.1, 0.15) is 11.6 Å². The van der Waals surface area contributed by atoms with Gasteiger partial charge in [-0.05, 0) is 29.8 Å². The average molecular weight is 409 g/mol. The highest BCUT2D eigenvalue weighted by Gasteiger charge is 2.20. The van der Waals surface area contributed by atoms with Crippen molar-refractivity contribution in [3.63, 3.8) is 0 Å². The van der Waals surface area contributed by atoms with Gasteiger partial charge in [0.15, 0.2) is 17.3 Å². The first-order valence-corrected chi connectivity index (χ1v) is 10.1. The van der Waals surface area contributed by atoms with Crippen LogP contribution in [0.5, 0.6) is 11.5 Å². The largest absolute Gasteiger partial charge is 0.459 e. The minimum atomic E-state index is -0.217. The lowest BCUT2D eigenvalue weighted by molar-refractivity contribution is 0.0926. The van der Waals surface area contributed by atoms with Gasteiger partial charge in [-0.3, -0.25) is 9.69 Å². The van der Waals surface area contributed by atoms with Crippen molar-refractivity contribution in [2.24, 2.45) is 0 Å². The number of carbonyl (C=O) groups excluding carboxylic acids is 1. The molecule has 0 unspecified atom stereocenters. The van der Waals surface area contributed by atoms with E-state index in [0.29, 0.717) is 25.5 Å². The monoisotopic (exact) mass is 409 g/mol. The summed E-state index contributed by atoms with van der Waals surface area (Å²) in [5, 5.41) is 11.6. The average Bonchev–Trinajstić information content (AvgIpc) is 3.49. The summed E-state index contributed by atoms with van der Waals surface area (Å²) in [7, 11) is 0. The summed E-state index contributed by atoms with van der Waals surface area (Å²) in [6, 6.07) is 9.46.